The van der Waals surface area contributed by atoms with Crippen molar-refractivity contribution >= 4 is 44.0 Å². The number of amides is 1. The van der Waals surface area contributed by atoms with Crippen LogP contribution in [0.3, 0.4) is 0 Å². The summed E-state index contributed by atoms with van der Waals surface area (Å²) in [6, 6.07) is 22.6. The molecular weight excluding hydrogens is 843 g/mol. The average Bonchev–Trinajstić information content (AvgIpc) is 3.98. The normalized spacial score (nSPS) is 22.6. The van der Waals surface area contributed by atoms with E-state index in [1.54, 1.807) is 37.7 Å². The van der Waals surface area contributed by atoms with E-state index in [-0.39, 0.29) is 28.5 Å². The van der Waals surface area contributed by atoms with E-state index in [2.05, 4.69) is 74.8 Å². The first-order valence-corrected chi connectivity index (χ1v) is 24.7. The van der Waals surface area contributed by atoms with Gasteiger partial charge in [0.15, 0.2) is 0 Å². The topological polar surface area (TPSA) is 172 Å². The number of hydrogen-bond donors (Lipinski definition) is 3. The summed E-state index contributed by atoms with van der Waals surface area (Å²) in [5.41, 5.74) is 4.46. The van der Waals surface area contributed by atoms with Crippen molar-refractivity contribution in [2.45, 2.75) is 113 Å². The van der Waals surface area contributed by atoms with Crippen molar-refractivity contribution in [3.63, 3.8) is 0 Å². The molecule has 1 atom stereocenters. The Hall–Kier alpha value is -5.51. The molecule has 2 aromatic heterocycles. The van der Waals surface area contributed by atoms with Gasteiger partial charge in [0, 0.05) is 68.2 Å². The maximum atomic E-state index is 14.0. The van der Waals surface area contributed by atoms with Crippen LogP contribution in [0.15, 0.2) is 90.1 Å². The molecule has 1 unspecified atom stereocenters. The van der Waals surface area contributed by atoms with Crippen molar-refractivity contribution < 1.29 is 27.6 Å². The highest BCUT2D eigenvalue weighted by molar-refractivity contribution is 7.90. The van der Waals surface area contributed by atoms with E-state index in [0.29, 0.717) is 41.4 Å². The van der Waals surface area contributed by atoms with Crippen LogP contribution in [-0.2, 0) is 14.8 Å². The Labute approximate surface area is 381 Å². The predicted molar refractivity (Wildman–Crippen MR) is 252 cm³/mol. The van der Waals surface area contributed by atoms with Gasteiger partial charge in [-0.2, -0.15) is 0 Å². The summed E-state index contributed by atoms with van der Waals surface area (Å²) < 4.78 is 41.7. The van der Waals surface area contributed by atoms with Gasteiger partial charge in [0.2, 0.25) is 0 Å². The quantitative estimate of drug-likeness (QED) is 0.0715. The number of hydrogen-bond acceptors (Lipinski definition) is 11. The molecule has 9 rings (SSSR count). The number of nitrogens with zero attached hydrogens (tertiary/aromatic N) is 4. The number of likely N-dealkylation sites (tertiary alicyclic amines) is 1. The molecular formula is C50H61N7O7S. The van der Waals surface area contributed by atoms with Gasteiger partial charge in [-0.1, -0.05) is 38.1 Å². The summed E-state index contributed by atoms with van der Waals surface area (Å²) in [5.74, 6) is 0.396. The second-order valence-electron chi connectivity index (χ2n) is 19.4. The molecule has 3 aromatic carbocycles. The Morgan fingerprint density at radius 2 is 1.75 bits per heavy atom. The molecule has 1 amide bonds. The van der Waals surface area contributed by atoms with Crippen LogP contribution in [0.5, 0.6) is 11.5 Å². The number of rotatable bonds is 14. The molecule has 2 saturated heterocycles. The molecule has 2 aliphatic heterocycles. The number of nitro groups is 1. The van der Waals surface area contributed by atoms with Crippen LogP contribution in [0.1, 0.15) is 118 Å². The zero-order chi connectivity index (χ0) is 45.5. The largest absolute Gasteiger partial charge is 0.455 e. The van der Waals surface area contributed by atoms with E-state index in [1.165, 1.54) is 48.9 Å². The lowest BCUT2D eigenvalue weighted by molar-refractivity contribution is -0.384. The minimum absolute atomic E-state index is 0.00847. The highest BCUT2D eigenvalue weighted by atomic mass is 32.2. The van der Waals surface area contributed by atoms with Gasteiger partial charge in [0.05, 0.1) is 27.2 Å². The Morgan fingerprint density at radius 1 is 0.985 bits per heavy atom. The summed E-state index contributed by atoms with van der Waals surface area (Å²) in [7, 11) is -2.83. The maximum Gasteiger partial charge on any atom is 0.293 e. The van der Waals surface area contributed by atoms with Gasteiger partial charge >= 0.3 is 0 Å². The van der Waals surface area contributed by atoms with Gasteiger partial charge in [-0.3, -0.25) is 19.8 Å². The van der Waals surface area contributed by atoms with Crippen LogP contribution in [0.4, 0.5) is 17.1 Å². The van der Waals surface area contributed by atoms with Gasteiger partial charge in [-0.15, -0.1) is 0 Å². The third kappa shape index (κ3) is 9.32. The molecule has 4 heterocycles. The van der Waals surface area contributed by atoms with E-state index in [0.717, 1.165) is 75.3 Å². The number of carbonyl (C=O) groups excluding carboxylic acids is 1. The van der Waals surface area contributed by atoms with Gasteiger partial charge in [-0.05, 0) is 142 Å². The monoisotopic (exact) mass is 903 g/mol. The zero-order valence-corrected chi connectivity index (χ0v) is 38.7. The number of aromatic nitrogens is 2. The van der Waals surface area contributed by atoms with Crippen molar-refractivity contribution in [1.29, 1.82) is 0 Å². The third-order valence-electron chi connectivity index (χ3n) is 15.0. The number of nitro benzene ring substituents is 1. The number of anilines is 2. The number of piperidine rings is 1. The molecule has 4 fully saturated rings. The van der Waals surface area contributed by atoms with Crippen molar-refractivity contribution in [2.75, 3.05) is 43.5 Å². The Morgan fingerprint density at radius 3 is 2.49 bits per heavy atom. The van der Waals surface area contributed by atoms with Gasteiger partial charge in [0.25, 0.3) is 21.6 Å². The van der Waals surface area contributed by atoms with Crippen molar-refractivity contribution in [1.82, 2.24) is 19.6 Å². The molecule has 2 saturated carbocycles. The average molecular weight is 904 g/mol. The number of fused-ring (bicyclic) bond motifs is 1. The molecule has 14 nitrogen and oxygen atoms in total. The smallest absolute Gasteiger partial charge is 0.293 e. The van der Waals surface area contributed by atoms with Gasteiger partial charge in [0.1, 0.15) is 22.8 Å². The summed E-state index contributed by atoms with van der Waals surface area (Å²) in [6.07, 6.45) is 13.9. The highest BCUT2D eigenvalue weighted by Gasteiger charge is 2.50. The second-order valence-corrected chi connectivity index (χ2v) is 21.1. The maximum absolute atomic E-state index is 14.0. The van der Waals surface area contributed by atoms with E-state index >= 15 is 0 Å². The number of aromatic amines is 1. The molecule has 15 heteroatoms. The fraction of sp³-hybridized carbons (Fsp3) is 0.480. The first kappa shape index (κ1) is 44.7. The third-order valence-corrected chi connectivity index (χ3v) is 16.3. The Balaban J connectivity index is 0.891. The lowest BCUT2D eigenvalue weighted by atomic mass is 9.59. The number of nitrogens with one attached hydrogen (secondary N) is 3. The molecule has 0 bridgehead atoms. The molecule has 0 radical (unpaired) electrons. The summed E-state index contributed by atoms with van der Waals surface area (Å²) in [6.45, 7) is 10.0. The summed E-state index contributed by atoms with van der Waals surface area (Å²) in [5, 5.41) is 16.2. The van der Waals surface area contributed by atoms with E-state index in [4.69, 9.17) is 9.47 Å². The predicted octanol–water partition coefficient (Wildman–Crippen LogP) is 10.1. The lowest BCUT2D eigenvalue weighted by Gasteiger charge is -2.56. The van der Waals surface area contributed by atoms with Crippen molar-refractivity contribution in [3.05, 3.63) is 112 Å². The molecule has 4 aliphatic rings. The Bertz CT molecular complexity index is 2660. The number of H-pyrrole nitrogens is 1. The van der Waals surface area contributed by atoms with E-state index < -0.39 is 31.4 Å². The Kier molecular flexibility index (Phi) is 12.4. The summed E-state index contributed by atoms with van der Waals surface area (Å²) >= 11 is 0. The number of sulfonamides is 1. The number of benzene rings is 3. The SMILES string of the molecule is COC1(C)CCC(CNc2ccc(S(=O)(=O)NC(=O)c3ccc(N4CCC5(CC4)CC(N4CCCC4c4ccccc4C(C)C)C5)cc3Oc3cnc4[nH]ccc4c3)cc2[N+](=O)[O-])CC1. The molecule has 1 spiro atoms. The second kappa shape index (κ2) is 18.0. The first-order chi connectivity index (χ1) is 31.2. The standard InChI is InChI=1S/C50H61N7O7S/c1-33(2)40-8-5-6-9-41(40)44-10-7-23-56(44)37-29-50(30-37)20-24-55(25-21-50)36-11-13-42(46(27-36)64-38-26-35-17-22-51-47(35)53-32-38)48(58)54-65(61,62)39-12-14-43(45(28-39)57(59)60)52-31-34-15-18-49(3,63-4)19-16-34/h5-6,8-9,11-14,17,22,26-28,32-34,37,44,52H,7,10,15-16,18-21,23-25,29-31H2,1-4H3,(H,51,53)(H,54,58). The van der Waals surface area contributed by atoms with Crippen molar-refractivity contribution in [2.24, 2.45) is 11.3 Å². The van der Waals surface area contributed by atoms with E-state index in [9.17, 15) is 23.3 Å². The molecule has 65 heavy (non-hydrogen) atoms. The molecule has 344 valence electrons. The minimum atomic E-state index is -4.55. The van der Waals surface area contributed by atoms with Crippen molar-refractivity contribution in [3.8, 4) is 11.5 Å². The molecule has 2 aliphatic carbocycles. The zero-order valence-electron chi connectivity index (χ0n) is 37.8. The fourth-order valence-electron chi connectivity index (χ4n) is 11.0. The van der Waals surface area contributed by atoms with E-state index in [1.807, 2.05) is 12.1 Å². The fourth-order valence-corrected chi connectivity index (χ4v) is 12.0. The highest BCUT2D eigenvalue weighted by Crippen LogP contribution is 2.54. The number of carbonyl (C=O) groups is 1. The van der Waals surface area contributed by atoms with Crippen LogP contribution in [-0.4, -0.2) is 79.0 Å². The summed E-state index contributed by atoms with van der Waals surface area (Å²) in [4.78, 5) is 37.8. The lowest BCUT2D eigenvalue weighted by Crippen LogP contribution is -2.54. The minimum Gasteiger partial charge on any atom is -0.455 e. The number of ether oxygens (including phenoxy) is 2. The number of pyridine rings is 1. The number of methoxy groups -OCH3 is 1. The van der Waals surface area contributed by atoms with Crippen LogP contribution in [0, 0.1) is 21.4 Å². The first-order valence-electron chi connectivity index (χ1n) is 23.2. The van der Waals surface area contributed by atoms with Crippen LogP contribution >= 0.6 is 0 Å². The van der Waals surface area contributed by atoms with Gasteiger partial charge in [-0.25, -0.2) is 18.1 Å². The van der Waals surface area contributed by atoms with Crippen LogP contribution in [0.25, 0.3) is 11.0 Å². The molecule has 3 N–H and O–H groups in total. The van der Waals surface area contributed by atoms with Gasteiger partial charge < -0.3 is 24.7 Å². The molecule has 5 aromatic rings. The van der Waals surface area contributed by atoms with Crippen LogP contribution < -0.4 is 19.7 Å². The van der Waals surface area contributed by atoms with Crippen LogP contribution in [0.2, 0.25) is 0 Å².